The second-order valence-electron chi connectivity index (χ2n) is 7.09. The van der Waals surface area contributed by atoms with E-state index in [2.05, 4.69) is 19.9 Å². The quantitative estimate of drug-likeness (QED) is 0.487. The Labute approximate surface area is 173 Å². The SMILES string of the molecule is CC(N)=NC(=O)c1cc(N(C)C)c2nc(-n3ccnc3)nc(N3CCOCC3)c2n1. The highest BCUT2D eigenvalue weighted by Gasteiger charge is 2.23. The van der Waals surface area contributed by atoms with Gasteiger partial charge in [0.05, 0.1) is 18.9 Å². The summed E-state index contributed by atoms with van der Waals surface area (Å²) in [5, 5.41) is 0. The van der Waals surface area contributed by atoms with Crippen LogP contribution >= 0.6 is 0 Å². The highest BCUT2D eigenvalue weighted by molar-refractivity contribution is 6.05. The van der Waals surface area contributed by atoms with Gasteiger partial charge in [-0.3, -0.25) is 9.36 Å². The van der Waals surface area contributed by atoms with Crippen LogP contribution in [0, 0.1) is 0 Å². The van der Waals surface area contributed by atoms with E-state index in [1.54, 1.807) is 36.3 Å². The zero-order chi connectivity index (χ0) is 21.3. The number of ether oxygens (including phenoxy) is 1. The Balaban J connectivity index is 2.00. The first-order valence-electron chi connectivity index (χ1n) is 9.50. The fourth-order valence-corrected chi connectivity index (χ4v) is 3.22. The fourth-order valence-electron chi connectivity index (χ4n) is 3.22. The summed E-state index contributed by atoms with van der Waals surface area (Å²) in [6.07, 6.45) is 5.09. The Morgan fingerprint density at radius 2 is 1.97 bits per heavy atom. The number of aliphatic imine (C=N–C) groups is 1. The van der Waals surface area contributed by atoms with Crippen LogP contribution < -0.4 is 15.5 Å². The van der Waals surface area contributed by atoms with Crippen LogP contribution in [-0.2, 0) is 4.74 Å². The Morgan fingerprint density at radius 3 is 2.60 bits per heavy atom. The monoisotopic (exact) mass is 409 g/mol. The van der Waals surface area contributed by atoms with Gasteiger partial charge in [0.2, 0.25) is 5.95 Å². The van der Waals surface area contributed by atoms with Crippen molar-refractivity contribution in [3.63, 3.8) is 0 Å². The minimum absolute atomic E-state index is 0.174. The van der Waals surface area contributed by atoms with Crippen molar-refractivity contribution in [1.29, 1.82) is 0 Å². The molecule has 0 saturated carbocycles. The van der Waals surface area contributed by atoms with Crippen molar-refractivity contribution in [3.05, 3.63) is 30.5 Å². The van der Waals surface area contributed by atoms with E-state index in [9.17, 15) is 4.79 Å². The van der Waals surface area contributed by atoms with E-state index >= 15 is 0 Å². The number of pyridine rings is 1. The number of hydrogen-bond donors (Lipinski definition) is 1. The molecule has 0 aliphatic carbocycles. The van der Waals surface area contributed by atoms with Crippen LogP contribution in [-0.4, -0.2) is 76.6 Å². The normalized spacial score (nSPS) is 14.9. The number of carbonyl (C=O) groups is 1. The van der Waals surface area contributed by atoms with Crippen molar-refractivity contribution in [2.24, 2.45) is 10.7 Å². The van der Waals surface area contributed by atoms with Crippen LogP contribution in [0.3, 0.4) is 0 Å². The summed E-state index contributed by atoms with van der Waals surface area (Å²) in [4.78, 5) is 38.6. The smallest absolute Gasteiger partial charge is 0.297 e. The van der Waals surface area contributed by atoms with Gasteiger partial charge in [-0.15, -0.1) is 0 Å². The van der Waals surface area contributed by atoms with Gasteiger partial charge in [-0.25, -0.2) is 15.0 Å². The number of nitrogens with zero attached hydrogens (tertiary/aromatic N) is 8. The standard InChI is InChI=1S/C19H23N9O2/c1-12(20)22-18(29)13-10-14(26(2)3)15-16(23-13)17(27-6-8-30-9-7-27)25-19(24-15)28-5-4-21-11-28/h4-5,10-11H,6-9H2,1-3H3,(H2,20,22,29). The zero-order valence-electron chi connectivity index (χ0n) is 17.1. The highest BCUT2D eigenvalue weighted by Crippen LogP contribution is 2.31. The number of nitrogens with two attached hydrogens (primary N) is 1. The van der Waals surface area contributed by atoms with Gasteiger partial charge in [0.15, 0.2) is 5.82 Å². The lowest BCUT2D eigenvalue weighted by molar-refractivity contribution is 0.0998. The first kappa shape index (κ1) is 19.7. The lowest BCUT2D eigenvalue weighted by atomic mass is 10.2. The number of hydrogen-bond acceptors (Lipinski definition) is 8. The Morgan fingerprint density at radius 1 is 1.20 bits per heavy atom. The molecule has 1 saturated heterocycles. The summed E-state index contributed by atoms with van der Waals surface area (Å²) >= 11 is 0. The fraction of sp³-hybridized carbons (Fsp3) is 0.368. The molecule has 3 aromatic rings. The molecule has 0 aromatic carbocycles. The number of morpholine rings is 1. The Bertz CT molecular complexity index is 1100. The molecular formula is C19H23N9O2. The minimum Gasteiger partial charge on any atom is -0.387 e. The maximum atomic E-state index is 12.6. The van der Waals surface area contributed by atoms with Gasteiger partial charge in [-0.2, -0.15) is 9.98 Å². The van der Waals surface area contributed by atoms with Crippen LogP contribution in [0.5, 0.6) is 0 Å². The van der Waals surface area contributed by atoms with Crippen molar-refractivity contribution in [2.45, 2.75) is 6.92 Å². The second kappa shape index (κ2) is 8.03. The van der Waals surface area contributed by atoms with E-state index in [1.165, 1.54) is 0 Å². The molecule has 4 heterocycles. The van der Waals surface area contributed by atoms with Crippen LogP contribution in [0.1, 0.15) is 17.4 Å². The summed E-state index contributed by atoms with van der Waals surface area (Å²) < 4.78 is 7.23. The summed E-state index contributed by atoms with van der Waals surface area (Å²) in [6.45, 7) is 4.05. The molecule has 0 atom stereocenters. The van der Waals surface area contributed by atoms with Crippen molar-refractivity contribution >= 4 is 34.3 Å². The Kier molecular flexibility index (Phi) is 5.27. The van der Waals surface area contributed by atoms with Crippen LogP contribution in [0.15, 0.2) is 29.8 Å². The number of imidazole rings is 1. The second-order valence-corrected chi connectivity index (χ2v) is 7.09. The molecule has 1 fully saturated rings. The number of amides is 1. The molecule has 2 N–H and O–H groups in total. The van der Waals surface area contributed by atoms with E-state index < -0.39 is 5.91 Å². The number of rotatable bonds is 4. The molecule has 0 radical (unpaired) electrons. The van der Waals surface area contributed by atoms with Crippen LogP contribution in [0.2, 0.25) is 0 Å². The number of carbonyl (C=O) groups excluding carboxylic acids is 1. The number of anilines is 2. The molecule has 0 spiro atoms. The van der Waals surface area contributed by atoms with Gasteiger partial charge in [0.1, 0.15) is 28.9 Å². The van der Waals surface area contributed by atoms with Gasteiger partial charge >= 0.3 is 0 Å². The summed E-state index contributed by atoms with van der Waals surface area (Å²) in [5.41, 5.74) is 7.67. The molecule has 4 rings (SSSR count). The third-order valence-electron chi connectivity index (χ3n) is 4.63. The molecular weight excluding hydrogens is 386 g/mol. The van der Waals surface area contributed by atoms with E-state index in [0.29, 0.717) is 49.1 Å². The number of aromatic nitrogens is 5. The minimum atomic E-state index is -0.508. The molecule has 11 heteroatoms. The largest absolute Gasteiger partial charge is 0.387 e. The molecule has 1 amide bonds. The van der Waals surface area contributed by atoms with Gasteiger partial charge < -0.3 is 20.3 Å². The van der Waals surface area contributed by atoms with Gasteiger partial charge in [-0.1, -0.05) is 0 Å². The van der Waals surface area contributed by atoms with Crippen LogP contribution in [0.4, 0.5) is 11.5 Å². The molecule has 3 aromatic heterocycles. The van der Waals surface area contributed by atoms with Gasteiger partial charge in [0.25, 0.3) is 5.91 Å². The number of fused-ring (bicyclic) bond motifs is 1. The Hall–Kier alpha value is -3.60. The molecule has 156 valence electrons. The van der Waals surface area contributed by atoms with Crippen molar-refractivity contribution < 1.29 is 9.53 Å². The van der Waals surface area contributed by atoms with E-state index in [4.69, 9.17) is 20.4 Å². The van der Waals surface area contributed by atoms with Gasteiger partial charge in [0, 0.05) is 39.6 Å². The summed E-state index contributed by atoms with van der Waals surface area (Å²) in [6, 6.07) is 1.67. The maximum absolute atomic E-state index is 12.6. The average Bonchev–Trinajstić information content (AvgIpc) is 3.27. The van der Waals surface area contributed by atoms with E-state index in [-0.39, 0.29) is 11.5 Å². The molecule has 1 aliphatic heterocycles. The van der Waals surface area contributed by atoms with Crippen molar-refractivity contribution in [2.75, 3.05) is 50.2 Å². The predicted octanol–water partition coefficient (Wildman–Crippen LogP) is 0.630. The molecule has 30 heavy (non-hydrogen) atoms. The molecule has 11 nitrogen and oxygen atoms in total. The highest BCUT2D eigenvalue weighted by atomic mass is 16.5. The average molecular weight is 409 g/mol. The third kappa shape index (κ3) is 3.79. The zero-order valence-corrected chi connectivity index (χ0v) is 17.1. The number of amidine groups is 1. The first-order valence-corrected chi connectivity index (χ1v) is 9.50. The first-order chi connectivity index (χ1) is 14.4. The topological polar surface area (TPSA) is 128 Å². The third-order valence-corrected chi connectivity index (χ3v) is 4.63. The summed E-state index contributed by atoms with van der Waals surface area (Å²) in [7, 11) is 3.77. The predicted molar refractivity (Wildman–Crippen MR) is 113 cm³/mol. The summed E-state index contributed by atoms with van der Waals surface area (Å²) in [5.74, 6) is 0.777. The van der Waals surface area contributed by atoms with E-state index in [1.807, 2.05) is 19.0 Å². The lowest BCUT2D eigenvalue weighted by Gasteiger charge is -2.29. The lowest BCUT2D eigenvalue weighted by Crippen LogP contribution is -2.37. The van der Waals surface area contributed by atoms with Gasteiger partial charge in [-0.05, 0) is 13.0 Å². The van der Waals surface area contributed by atoms with Crippen LogP contribution in [0.25, 0.3) is 17.0 Å². The van der Waals surface area contributed by atoms with Crippen molar-refractivity contribution in [1.82, 2.24) is 24.5 Å². The molecule has 0 unspecified atom stereocenters. The maximum Gasteiger partial charge on any atom is 0.297 e. The van der Waals surface area contributed by atoms with E-state index in [0.717, 1.165) is 5.69 Å². The van der Waals surface area contributed by atoms with Crippen molar-refractivity contribution in [3.8, 4) is 5.95 Å². The molecule has 0 bridgehead atoms. The molecule has 1 aliphatic rings.